The molecular weight excluding hydrogens is 470 g/mol. The molecule has 1 aromatic heterocycles. The average molecular weight is 493 g/mol. The summed E-state index contributed by atoms with van der Waals surface area (Å²) < 4.78 is 55.4. The summed E-state index contributed by atoms with van der Waals surface area (Å²) in [7, 11) is -3.80. The molecule has 0 spiro atoms. The Morgan fingerprint density at radius 1 is 1.12 bits per heavy atom. The number of carbonyl (C=O) groups excluding carboxylic acids is 1. The molecule has 3 aromatic rings. The third kappa shape index (κ3) is 4.53. The lowest BCUT2D eigenvalue weighted by molar-refractivity contribution is 0.102. The smallest absolute Gasteiger partial charge is 0.286 e. The summed E-state index contributed by atoms with van der Waals surface area (Å²) in [6.45, 7) is 5.81. The summed E-state index contributed by atoms with van der Waals surface area (Å²) in [6.07, 6.45) is 1.20. The summed E-state index contributed by atoms with van der Waals surface area (Å²) in [5, 5.41) is 10.6. The molecule has 0 radical (unpaired) electrons. The van der Waals surface area contributed by atoms with E-state index in [1.54, 1.807) is 13.8 Å². The summed E-state index contributed by atoms with van der Waals surface area (Å²) >= 11 is 0.956. The van der Waals surface area contributed by atoms with Crippen molar-refractivity contribution < 1.29 is 22.0 Å². The van der Waals surface area contributed by atoms with E-state index in [1.165, 1.54) is 4.31 Å². The van der Waals surface area contributed by atoms with E-state index in [0.29, 0.717) is 41.6 Å². The second-order valence-electron chi connectivity index (χ2n) is 8.03. The molecule has 0 aliphatic carbocycles. The molecule has 0 bridgehead atoms. The van der Waals surface area contributed by atoms with Gasteiger partial charge in [0, 0.05) is 12.6 Å². The zero-order chi connectivity index (χ0) is 23.9. The Labute approximate surface area is 194 Å². The molecule has 4 rings (SSSR count). The lowest BCUT2D eigenvalue weighted by atomic mass is 10.1. The number of halogens is 2. The van der Waals surface area contributed by atoms with Crippen LogP contribution in [-0.4, -0.2) is 35.4 Å². The van der Waals surface area contributed by atoms with Crippen molar-refractivity contribution in [3.8, 4) is 0 Å². The third-order valence-corrected chi connectivity index (χ3v) is 8.71. The molecule has 174 valence electrons. The first-order valence-electron chi connectivity index (χ1n) is 10.3. The van der Waals surface area contributed by atoms with Gasteiger partial charge in [-0.1, -0.05) is 29.0 Å². The van der Waals surface area contributed by atoms with E-state index in [2.05, 4.69) is 15.5 Å². The fourth-order valence-electron chi connectivity index (χ4n) is 4.19. The van der Waals surface area contributed by atoms with E-state index in [1.807, 2.05) is 19.1 Å². The van der Waals surface area contributed by atoms with Gasteiger partial charge in [-0.3, -0.25) is 4.79 Å². The van der Waals surface area contributed by atoms with Crippen molar-refractivity contribution in [3.63, 3.8) is 0 Å². The van der Waals surface area contributed by atoms with Crippen LogP contribution in [0.15, 0.2) is 35.2 Å². The van der Waals surface area contributed by atoms with Gasteiger partial charge in [0.25, 0.3) is 5.91 Å². The van der Waals surface area contributed by atoms with E-state index in [0.717, 1.165) is 29.0 Å². The Morgan fingerprint density at radius 2 is 1.82 bits per heavy atom. The van der Waals surface area contributed by atoms with E-state index in [-0.39, 0.29) is 15.6 Å². The topological polar surface area (TPSA) is 92.3 Å². The van der Waals surface area contributed by atoms with Crippen LogP contribution < -0.4 is 5.32 Å². The number of aromatic nitrogens is 2. The monoisotopic (exact) mass is 492 g/mol. The predicted molar refractivity (Wildman–Crippen MR) is 121 cm³/mol. The number of aryl methyl sites for hydroxylation is 3. The summed E-state index contributed by atoms with van der Waals surface area (Å²) in [5.41, 5.74) is 2.15. The van der Waals surface area contributed by atoms with Gasteiger partial charge < -0.3 is 5.32 Å². The number of amides is 1. The second kappa shape index (κ2) is 8.88. The van der Waals surface area contributed by atoms with Crippen molar-refractivity contribution in [2.24, 2.45) is 0 Å². The fourth-order valence-corrected chi connectivity index (χ4v) is 7.22. The predicted octanol–water partition coefficient (Wildman–Crippen LogP) is 4.52. The lowest BCUT2D eigenvalue weighted by Crippen LogP contribution is -2.31. The van der Waals surface area contributed by atoms with Gasteiger partial charge in [-0.05, 0) is 56.9 Å². The maximum absolute atomic E-state index is 13.9. The van der Waals surface area contributed by atoms with Crippen LogP contribution in [0.3, 0.4) is 0 Å². The lowest BCUT2D eigenvalue weighted by Gasteiger charge is -2.24. The minimum atomic E-state index is -3.80. The molecule has 1 amide bonds. The number of nitrogens with one attached hydrogen (secondary N) is 1. The second-order valence-corrected chi connectivity index (χ2v) is 10.9. The first-order valence-corrected chi connectivity index (χ1v) is 12.5. The number of nitrogens with zero attached hydrogens (tertiary/aromatic N) is 3. The highest BCUT2D eigenvalue weighted by Crippen LogP contribution is 2.39. The maximum Gasteiger partial charge on any atom is 0.286 e. The van der Waals surface area contributed by atoms with Crippen LogP contribution in [0.1, 0.15) is 50.4 Å². The van der Waals surface area contributed by atoms with E-state index in [4.69, 9.17) is 0 Å². The number of hydrogen-bond donors (Lipinski definition) is 1. The molecule has 2 heterocycles. The standard InChI is InChI=1S/C22H22F2N4O3S2/c1-12-9-13(2)19(14(3)10-12)33(30,31)28-8-4-5-18(28)21-26-27-22(32-21)20(29)25-17-7-6-15(23)11-16(17)24/h6-7,9-11,18H,4-5,8H2,1-3H3,(H,25,29). The van der Waals surface area contributed by atoms with Crippen LogP contribution in [0.5, 0.6) is 0 Å². The SMILES string of the molecule is Cc1cc(C)c(S(=O)(=O)N2CCCC2c2nnc(C(=O)Nc3ccc(F)cc3F)s2)c(C)c1. The van der Waals surface area contributed by atoms with Crippen molar-refractivity contribution in [1.82, 2.24) is 14.5 Å². The summed E-state index contributed by atoms with van der Waals surface area (Å²) in [5.74, 6) is -2.38. The highest BCUT2D eigenvalue weighted by atomic mass is 32.2. The van der Waals surface area contributed by atoms with E-state index < -0.39 is 33.6 Å². The molecule has 2 aromatic carbocycles. The van der Waals surface area contributed by atoms with Gasteiger partial charge in [0.2, 0.25) is 15.0 Å². The van der Waals surface area contributed by atoms with Crippen LogP contribution in [0.4, 0.5) is 14.5 Å². The molecule has 33 heavy (non-hydrogen) atoms. The number of benzene rings is 2. The molecule has 0 saturated carbocycles. The normalized spacial score (nSPS) is 16.8. The van der Waals surface area contributed by atoms with Crippen LogP contribution in [-0.2, 0) is 10.0 Å². The average Bonchev–Trinajstić information content (AvgIpc) is 3.38. The summed E-state index contributed by atoms with van der Waals surface area (Å²) in [6, 6.07) is 5.94. The Bertz CT molecular complexity index is 1320. The van der Waals surface area contributed by atoms with Gasteiger partial charge in [0.1, 0.15) is 16.6 Å². The molecule has 7 nitrogen and oxygen atoms in total. The molecule has 1 aliphatic heterocycles. The zero-order valence-electron chi connectivity index (χ0n) is 18.2. The van der Waals surface area contributed by atoms with Crippen LogP contribution in [0, 0.1) is 32.4 Å². The van der Waals surface area contributed by atoms with Crippen LogP contribution in [0.2, 0.25) is 0 Å². The van der Waals surface area contributed by atoms with Crippen molar-refractivity contribution >= 4 is 33.0 Å². The molecule has 1 N–H and O–H groups in total. The van der Waals surface area contributed by atoms with Crippen molar-refractivity contribution in [3.05, 3.63) is 68.7 Å². The maximum atomic E-state index is 13.9. The quantitative estimate of drug-likeness (QED) is 0.565. The third-order valence-electron chi connectivity index (χ3n) is 5.47. The highest BCUT2D eigenvalue weighted by Gasteiger charge is 2.39. The fraction of sp³-hybridized carbons (Fsp3) is 0.318. The zero-order valence-corrected chi connectivity index (χ0v) is 19.9. The van der Waals surface area contributed by atoms with Gasteiger partial charge in [0.15, 0.2) is 0 Å². The van der Waals surface area contributed by atoms with Crippen LogP contribution in [0.25, 0.3) is 0 Å². The number of anilines is 1. The molecule has 1 aliphatic rings. The van der Waals surface area contributed by atoms with E-state index in [9.17, 15) is 22.0 Å². The first kappa shape index (κ1) is 23.4. The molecule has 1 saturated heterocycles. The van der Waals surface area contributed by atoms with Gasteiger partial charge in [-0.25, -0.2) is 17.2 Å². The van der Waals surface area contributed by atoms with Crippen molar-refractivity contribution in [1.29, 1.82) is 0 Å². The molecule has 1 unspecified atom stereocenters. The Balaban J connectivity index is 1.59. The summed E-state index contributed by atoms with van der Waals surface area (Å²) in [4.78, 5) is 12.8. The van der Waals surface area contributed by atoms with Gasteiger partial charge in [-0.15, -0.1) is 10.2 Å². The van der Waals surface area contributed by atoms with Gasteiger partial charge in [-0.2, -0.15) is 4.31 Å². The molecule has 11 heteroatoms. The van der Waals surface area contributed by atoms with E-state index >= 15 is 0 Å². The van der Waals surface area contributed by atoms with Gasteiger partial charge in [0.05, 0.1) is 16.6 Å². The Kier molecular flexibility index (Phi) is 6.30. The molecule has 1 fully saturated rings. The van der Waals surface area contributed by atoms with Gasteiger partial charge >= 0.3 is 0 Å². The number of sulfonamides is 1. The first-order chi connectivity index (χ1) is 15.6. The van der Waals surface area contributed by atoms with Crippen molar-refractivity contribution in [2.45, 2.75) is 44.6 Å². The number of carbonyl (C=O) groups is 1. The molecule has 1 atom stereocenters. The number of hydrogen-bond acceptors (Lipinski definition) is 6. The molecular formula is C22H22F2N4O3S2. The van der Waals surface area contributed by atoms with Crippen LogP contribution >= 0.6 is 11.3 Å². The Morgan fingerprint density at radius 3 is 2.48 bits per heavy atom. The minimum Gasteiger partial charge on any atom is -0.317 e. The van der Waals surface area contributed by atoms with Crippen molar-refractivity contribution in [2.75, 3.05) is 11.9 Å². The largest absolute Gasteiger partial charge is 0.317 e. The highest BCUT2D eigenvalue weighted by molar-refractivity contribution is 7.89. The Hall–Kier alpha value is -2.76. The minimum absolute atomic E-state index is 0.0410. The number of rotatable bonds is 5.